The predicted molar refractivity (Wildman–Crippen MR) is 146 cm³/mol. The Balaban J connectivity index is 1.54. The van der Waals surface area contributed by atoms with Crippen molar-refractivity contribution in [3.63, 3.8) is 0 Å². The maximum absolute atomic E-state index is 2.29. The Bertz CT molecular complexity index is 1320. The van der Waals surface area contributed by atoms with Gasteiger partial charge in [0.2, 0.25) is 0 Å². The van der Waals surface area contributed by atoms with Gasteiger partial charge in [0.25, 0.3) is 0 Å². The molecule has 0 aliphatic rings. The second-order valence-corrected chi connectivity index (χ2v) is 8.39. The predicted octanol–water partition coefficient (Wildman–Crippen LogP) is 7.54. The average Bonchev–Trinajstić information content (AvgIpc) is 2.91. The molecule has 0 bridgehead atoms. The Morgan fingerprint density at radius 2 is 0.882 bits per heavy atom. The summed E-state index contributed by atoms with van der Waals surface area (Å²) in [6.45, 7) is 0. The van der Waals surface area contributed by atoms with Gasteiger partial charge >= 0.3 is 151 Å². The van der Waals surface area contributed by atoms with Crippen molar-refractivity contribution in [1.82, 2.24) is 0 Å². The molecule has 0 unspecified atom stereocenters. The van der Waals surface area contributed by atoms with Crippen molar-refractivity contribution in [2.75, 3.05) is 4.90 Å². The van der Waals surface area contributed by atoms with Gasteiger partial charge in [-0.25, -0.2) is 0 Å². The van der Waals surface area contributed by atoms with E-state index in [0.717, 1.165) is 17.1 Å². The zero-order valence-corrected chi connectivity index (χ0v) is 19.3. The fraction of sp³-hybridized carbons (Fsp3) is 0. The molecular weight excluding hydrogens is 405 g/mol. The zero-order valence-electron chi connectivity index (χ0n) is 19.3. The van der Waals surface area contributed by atoms with Gasteiger partial charge in [-0.05, 0) is 0 Å². The molecule has 0 saturated carbocycles. The molecule has 0 N–H and O–H groups in total. The second kappa shape index (κ2) is 10.4. The van der Waals surface area contributed by atoms with Crippen LogP contribution in [0.5, 0.6) is 0 Å². The summed E-state index contributed by atoms with van der Waals surface area (Å²) >= 11 is 2.12. The van der Waals surface area contributed by atoms with Gasteiger partial charge in [0.15, 0.2) is 0 Å². The molecule has 34 heavy (non-hydrogen) atoms. The van der Waals surface area contributed by atoms with E-state index in [1.54, 1.807) is 0 Å². The standard InChI is InChI=1S/C32H24N.Li/c1-5-13-27(14-6-1)32(28-15-7-2-8-16-28)25-26-21-23-31(24-22-26)33(29-17-9-3-10-18-29)30-19-11-4-12-20-30;/h1-3,5-25H;. The summed E-state index contributed by atoms with van der Waals surface area (Å²) in [6, 6.07) is 49.2. The van der Waals surface area contributed by atoms with Gasteiger partial charge < -0.3 is 0 Å². The van der Waals surface area contributed by atoms with E-state index in [1.165, 1.54) is 26.5 Å². The van der Waals surface area contributed by atoms with Crippen molar-refractivity contribution in [2.24, 2.45) is 0 Å². The molecule has 0 fully saturated rings. The number of anilines is 3. The molecule has 0 aromatic heterocycles. The van der Waals surface area contributed by atoms with Gasteiger partial charge in [-0.1, -0.05) is 60.7 Å². The van der Waals surface area contributed by atoms with Crippen molar-refractivity contribution in [2.45, 2.75) is 0 Å². The summed E-state index contributed by atoms with van der Waals surface area (Å²) in [5, 5.41) is 0. The molecule has 0 aliphatic carbocycles. The van der Waals surface area contributed by atoms with Crippen molar-refractivity contribution in [3.05, 3.63) is 156 Å². The molecule has 0 radical (unpaired) electrons. The van der Waals surface area contributed by atoms with E-state index >= 15 is 0 Å². The van der Waals surface area contributed by atoms with Gasteiger partial charge in [0, 0.05) is 0 Å². The maximum atomic E-state index is 2.29. The van der Waals surface area contributed by atoms with Crippen LogP contribution >= 0.6 is 0 Å². The van der Waals surface area contributed by atoms with Gasteiger partial charge in [0.1, 0.15) is 0 Å². The first-order valence-electron chi connectivity index (χ1n) is 11.6. The molecule has 1 nitrogen and oxygen atoms in total. The normalized spacial score (nSPS) is 10.5. The third-order valence-corrected chi connectivity index (χ3v) is 5.94. The van der Waals surface area contributed by atoms with Crippen LogP contribution in [0.15, 0.2) is 140 Å². The summed E-state index contributed by atoms with van der Waals surface area (Å²) in [7, 11) is 0. The first kappa shape index (κ1) is 22.1. The van der Waals surface area contributed by atoms with E-state index < -0.39 is 0 Å². The first-order valence-corrected chi connectivity index (χ1v) is 11.6. The minimum absolute atomic E-state index is 1.13. The average molecular weight is 429 g/mol. The molecule has 2 heteroatoms. The van der Waals surface area contributed by atoms with Crippen LogP contribution in [0.25, 0.3) is 11.6 Å². The van der Waals surface area contributed by atoms with Crippen LogP contribution in [0.2, 0.25) is 0 Å². The molecular formula is C32H24LiN. The number of hydrogen-bond donors (Lipinski definition) is 0. The summed E-state index contributed by atoms with van der Waals surface area (Å²) < 4.78 is 1.26. The summed E-state index contributed by atoms with van der Waals surface area (Å²) in [5.41, 5.74) is 8.23. The molecule has 0 aliphatic heterocycles. The van der Waals surface area contributed by atoms with E-state index in [2.05, 4.69) is 168 Å². The Hall–Kier alpha value is -3.76. The van der Waals surface area contributed by atoms with Crippen molar-refractivity contribution >= 4 is 50.7 Å². The third kappa shape index (κ3) is 5.08. The fourth-order valence-corrected chi connectivity index (χ4v) is 4.17. The fourth-order valence-electron chi connectivity index (χ4n) is 4.17. The topological polar surface area (TPSA) is 3.24 Å². The number of rotatable bonds is 6. The summed E-state index contributed by atoms with van der Waals surface area (Å²) in [4.78, 5) is 2.29. The Morgan fingerprint density at radius 3 is 1.38 bits per heavy atom. The van der Waals surface area contributed by atoms with Crippen LogP contribution < -0.4 is 9.14 Å². The number of hydrogen-bond acceptors (Lipinski definition) is 1. The molecule has 0 amide bonds. The molecule has 5 rings (SSSR count). The number of nitrogens with zero attached hydrogens (tertiary/aromatic N) is 1. The molecule has 0 atom stereocenters. The Morgan fingerprint density at radius 1 is 0.471 bits per heavy atom. The number of benzene rings is 5. The van der Waals surface area contributed by atoms with Crippen molar-refractivity contribution in [1.29, 1.82) is 0 Å². The van der Waals surface area contributed by atoms with Crippen LogP contribution in [0, 0.1) is 0 Å². The van der Waals surface area contributed by atoms with E-state index in [4.69, 9.17) is 0 Å². The van der Waals surface area contributed by atoms with Gasteiger partial charge in [0.05, 0.1) is 0 Å². The van der Waals surface area contributed by atoms with Crippen LogP contribution in [0.1, 0.15) is 16.7 Å². The van der Waals surface area contributed by atoms with E-state index in [0.29, 0.717) is 0 Å². The van der Waals surface area contributed by atoms with E-state index in [-0.39, 0.29) is 0 Å². The van der Waals surface area contributed by atoms with Crippen LogP contribution in [-0.4, -0.2) is 17.7 Å². The quantitative estimate of drug-likeness (QED) is 0.199. The van der Waals surface area contributed by atoms with Gasteiger partial charge in [-0.15, -0.1) is 0 Å². The molecule has 5 aromatic rings. The van der Waals surface area contributed by atoms with Crippen molar-refractivity contribution < 1.29 is 0 Å². The molecule has 5 aromatic carbocycles. The molecule has 158 valence electrons. The first-order chi connectivity index (χ1) is 16.8. The minimum atomic E-state index is 1.13. The van der Waals surface area contributed by atoms with Crippen LogP contribution in [-0.2, 0) is 0 Å². The number of para-hydroxylation sites is 1. The monoisotopic (exact) mass is 429 g/mol. The SMILES string of the molecule is [Li][c]1ccc(N(c2ccccc2)c2ccc(C=C(c3ccccc3)c3ccccc3)cc2)cc1. The van der Waals surface area contributed by atoms with Gasteiger partial charge in [-0.3, -0.25) is 0 Å². The van der Waals surface area contributed by atoms with Crippen LogP contribution in [0.4, 0.5) is 17.1 Å². The Kier molecular flexibility index (Phi) is 6.78. The Labute approximate surface area is 211 Å². The summed E-state index contributed by atoms with van der Waals surface area (Å²) in [6.07, 6.45) is 2.27. The molecule has 0 heterocycles. The molecule has 0 spiro atoms. The second-order valence-electron chi connectivity index (χ2n) is 8.39. The van der Waals surface area contributed by atoms with E-state index in [9.17, 15) is 0 Å². The third-order valence-electron chi connectivity index (χ3n) is 5.94. The summed E-state index contributed by atoms with van der Waals surface area (Å²) in [5.74, 6) is 0. The van der Waals surface area contributed by atoms with Gasteiger partial charge in [-0.2, -0.15) is 0 Å². The van der Waals surface area contributed by atoms with Crippen LogP contribution in [0.3, 0.4) is 0 Å². The van der Waals surface area contributed by atoms with Crippen molar-refractivity contribution in [3.8, 4) is 0 Å². The molecule has 0 saturated heterocycles. The zero-order chi connectivity index (χ0) is 23.2. The van der Waals surface area contributed by atoms with E-state index in [1.807, 2.05) is 0 Å².